The zero-order valence-electron chi connectivity index (χ0n) is 20.2. The quantitative estimate of drug-likeness (QED) is 0.381. The van der Waals surface area contributed by atoms with E-state index < -0.39 is 53.6 Å². The highest BCUT2D eigenvalue weighted by Crippen LogP contribution is 2.36. The number of esters is 1. The maximum Gasteiger partial charge on any atom is 0.338 e. The Morgan fingerprint density at radius 2 is 1.89 bits per heavy atom. The van der Waals surface area contributed by atoms with Crippen molar-refractivity contribution in [3.8, 4) is 17.2 Å². The molecule has 11 nitrogen and oxygen atoms in total. The monoisotopic (exact) mass is 507 g/mol. The number of carbonyl (C=O) groups is 2. The molecule has 1 aromatic heterocycles. The molecule has 3 aromatic rings. The third-order valence-electron chi connectivity index (χ3n) is 6.46. The second kappa shape index (κ2) is 9.02. The number of ether oxygens (including phenoxy) is 2. The molecule has 2 aliphatic heterocycles. The molecule has 0 bridgehead atoms. The van der Waals surface area contributed by atoms with E-state index in [1.807, 2.05) is 0 Å². The fraction of sp³-hybridized carbons (Fsp3) is 0.308. The summed E-state index contributed by atoms with van der Waals surface area (Å²) in [5.41, 5.74) is 0.0230. The van der Waals surface area contributed by atoms with E-state index in [1.165, 1.54) is 36.6 Å². The second-order valence-electron chi connectivity index (χ2n) is 9.16. The first kappa shape index (κ1) is 24.5. The van der Waals surface area contributed by atoms with E-state index in [4.69, 9.17) is 9.47 Å². The van der Waals surface area contributed by atoms with Gasteiger partial charge in [-0.3, -0.25) is 14.2 Å². The highest BCUT2D eigenvalue weighted by atomic mass is 16.6. The van der Waals surface area contributed by atoms with Crippen molar-refractivity contribution in [3.63, 3.8) is 0 Å². The maximum atomic E-state index is 13.5. The molecule has 3 heterocycles. The Balaban J connectivity index is 1.64. The van der Waals surface area contributed by atoms with Crippen molar-refractivity contribution in [1.29, 1.82) is 0 Å². The summed E-state index contributed by atoms with van der Waals surface area (Å²) >= 11 is 0. The molecule has 37 heavy (non-hydrogen) atoms. The summed E-state index contributed by atoms with van der Waals surface area (Å²) < 4.78 is 12.2. The number of amides is 1. The molecule has 1 amide bonds. The zero-order valence-corrected chi connectivity index (χ0v) is 20.2. The minimum absolute atomic E-state index is 0.00998. The number of nitrogens with zero attached hydrogens (tertiary/aromatic N) is 2. The van der Waals surface area contributed by atoms with Crippen LogP contribution in [0.3, 0.4) is 0 Å². The SMILES string of the molecule is C[C@@H]1NC(=O)c2cc(O[C@@H](C3=C[C@H](O)[C@@H](C)OC3=O)[C@H](C)O)c(O)cc2-n2c1nc1ccccc1c2=O. The summed E-state index contributed by atoms with van der Waals surface area (Å²) in [6.07, 6.45) is -3.25. The van der Waals surface area contributed by atoms with Crippen LogP contribution in [-0.2, 0) is 9.53 Å². The predicted molar refractivity (Wildman–Crippen MR) is 131 cm³/mol. The van der Waals surface area contributed by atoms with Crippen LogP contribution in [0.15, 0.2) is 52.8 Å². The fourth-order valence-corrected chi connectivity index (χ4v) is 4.49. The van der Waals surface area contributed by atoms with Crippen LogP contribution in [0.5, 0.6) is 11.5 Å². The average Bonchev–Trinajstić information content (AvgIpc) is 2.94. The molecule has 2 aromatic carbocycles. The molecule has 0 radical (unpaired) electrons. The average molecular weight is 507 g/mol. The first-order valence-electron chi connectivity index (χ1n) is 11.7. The number of fused-ring (bicyclic) bond motifs is 4. The number of aromatic nitrogens is 2. The van der Waals surface area contributed by atoms with Crippen molar-refractivity contribution in [2.45, 2.75) is 51.2 Å². The Labute approximate surface area is 210 Å². The van der Waals surface area contributed by atoms with Crippen LogP contribution in [0.2, 0.25) is 0 Å². The maximum absolute atomic E-state index is 13.5. The van der Waals surface area contributed by atoms with Gasteiger partial charge in [0.05, 0.1) is 39.9 Å². The highest BCUT2D eigenvalue weighted by molar-refractivity contribution is 5.99. The number of hydrogen-bond donors (Lipinski definition) is 4. The molecular weight excluding hydrogens is 482 g/mol. The Kier molecular flexibility index (Phi) is 5.97. The molecule has 2 aliphatic rings. The molecule has 0 unspecified atom stereocenters. The molecule has 192 valence electrons. The Bertz CT molecular complexity index is 1530. The van der Waals surface area contributed by atoms with E-state index in [0.29, 0.717) is 10.9 Å². The van der Waals surface area contributed by atoms with Crippen molar-refractivity contribution < 1.29 is 34.4 Å². The van der Waals surface area contributed by atoms with Crippen LogP contribution in [0.4, 0.5) is 0 Å². The molecule has 0 saturated carbocycles. The Morgan fingerprint density at radius 3 is 2.62 bits per heavy atom. The van der Waals surface area contributed by atoms with E-state index in [2.05, 4.69) is 10.3 Å². The van der Waals surface area contributed by atoms with Crippen molar-refractivity contribution in [2.75, 3.05) is 0 Å². The molecule has 0 fully saturated rings. The number of para-hydroxylation sites is 1. The number of aromatic hydroxyl groups is 1. The third-order valence-corrected chi connectivity index (χ3v) is 6.46. The lowest BCUT2D eigenvalue weighted by molar-refractivity contribution is -0.151. The number of nitrogens with one attached hydrogen (secondary N) is 1. The lowest BCUT2D eigenvalue weighted by atomic mass is 9.99. The summed E-state index contributed by atoms with van der Waals surface area (Å²) in [7, 11) is 0. The minimum atomic E-state index is -1.33. The van der Waals surface area contributed by atoms with Crippen LogP contribution < -0.4 is 15.6 Å². The van der Waals surface area contributed by atoms with Gasteiger partial charge in [-0.25, -0.2) is 9.78 Å². The van der Waals surface area contributed by atoms with Crippen molar-refractivity contribution in [3.05, 3.63) is 69.8 Å². The zero-order chi connectivity index (χ0) is 26.6. The summed E-state index contributed by atoms with van der Waals surface area (Å²) in [6.45, 7) is 4.57. The van der Waals surface area contributed by atoms with Crippen LogP contribution in [0.1, 0.15) is 43.0 Å². The summed E-state index contributed by atoms with van der Waals surface area (Å²) in [5.74, 6) is -1.72. The number of cyclic esters (lactones) is 1. The number of benzene rings is 2. The van der Waals surface area contributed by atoms with E-state index in [9.17, 15) is 29.7 Å². The minimum Gasteiger partial charge on any atom is -0.504 e. The first-order valence-corrected chi connectivity index (χ1v) is 11.7. The summed E-state index contributed by atoms with van der Waals surface area (Å²) in [5, 5.41) is 34.5. The van der Waals surface area contributed by atoms with Crippen molar-refractivity contribution in [1.82, 2.24) is 14.9 Å². The number of hydrogen-bond acceptors (Lipinski definition) is 9. The number of phenolic OH excluding ortho intramolecular Hbond substituents is 1. The van der Waals surface area contributed by atoms with E-state index in [-0.39, 0.29) is 28.4 Å². The molecule has 5 atom stereocenters. The van der Waals surface area contributed by atoms with Gasteiger partial charge in [-0.1, -0.05) is 12.1 Å². The Morgan fingerprint density at radius 1 is 1.16 bits per heavy atom. The number of aliphatic hydroxyl groups excluding tert-OH is 2. The van der Waals surface area contributed by atoms with Gasteiger partial charge in [0, 0.05) is 6.07 Å². The summed E-state index contributed by atoms with van der Waals surface area (Å²) in [6, 6.07) is 8.57. The number of aliphatic hydroxyl groups is 2. The molecule has 0 saturated heterocycles. The number of rotatable bonds is 4. The number of phenols is 1. The van der Waals surface area contributed by atoms with Gasteiger partial charge in [-0.2, -0.15) is 0 Å². The third kappa shape index (κ3) is 4.11. The van der Waals surface area contributed by atoms with Gasteiger partial charge in [-0.05, 0) is 45.0 Å². The smallest absolute Gasteiger partial charge is 0.338 e. The predicted octanol–water partition coefficient (Wildman–Crippen LogP) is 1.26. The number of carbonyl (C=O) groups excluding carboxylic acids is 2. The van der Waals surface area contributed by atoms with Gasteiger partial charge in [-0.15, -0.1) is 0 Å². The van der Waals surface area contributed by atoms with Crippen LogP contribution >= 0.6 is 0 Å². The van der Waals surface area contributed by atoms with Gasteiger partial charge in [0.15, 0.2) is 17.6 Å². The van der Waals surface area contributed by atoms with E-state index in [1.54, 1.807) is 31.2 Å². The standard InChI is InChI=1S/C26H25N3O8/c1-11-23-28-17-7-5-4-6-14(17)25(34)29(23)18-10-20(32)21(9-15(18)24(33)27-11)37-22(12(2)30)16-8-19(31)13(3)36-26(16)35/h4-13,19,22,30-32H,1-3H3,(H,27,33)/t11-,12-,13+,19-,22+/m0/s1. The fourth-order valence-electron chi connectivity index (χ4n) is 4.49. The van der Waals surface area contributed by atoms with Gasteiger partial charge in [0.25, 0.3) is 11.5 Å². The lowest BCUT2D eigenvalue weighted by Gasteiger charge is -2.30. The molecule has 4 N–H and O–H groups in total. The second-order valence-corrected chi connectivity index (χ2v) is 9.16. The van der Waals surface area contributed by atoms with E-state index in [0.717, 1.165) is 0 Å². The molecule has 11 heteroatoms. The van der Waals surface area contributed by atoms with Crippen LogP contribution in [-0.4, -0.2) is 61.2 Å². The highest BCUT2D eigenvalue weighted by Gasteiger charge is 2.36. The molecule has 0 aliphatic carbocycles. The van der Waals surface area contributed by atoms with Crippen molar-refractivity contribution >= 4 is 22.8 Å². The lowest BCUT2D eigenvalue weighted by Crippen LogP contribution is -2.42. The van der Waals surface area contributed by atoms with Gasteiger partial charge in [0.1, 0.15) is 18.0 Å². The van der Waals surface area contributed by atoms with Gasteiger partial charge < -0.3 is 30.1 Å². The van der Waals surface area contributed by atoms with Gasteiger partial charge in [0.2, 0.25) is 0 Å². The normalized spacial score (nSPS) is 22.6. The molecular formula is C26H25N3O8. The largest absolute Gasteiger partial charge is 0.504 e. The van der Waals surface area contributed by atoms with Crippen LogP contribution in [0, 0.1) is 0 Å². The molecule has 5 rings (SSSR count). The first-order chi connectivity index (χ1) is 17.6. The van der Waals surface area contributed by atoms with Crippen LogP contribution in [0.25, 0.3) is 16.6 Å². The summed E-state index contributed by atoms with van der Waals surface area (Å²) in [4.78, 5) is 43.6. The Hall–Kier alpha value is -4.22. The van der Waals surface area contributed by atoms with Crippen molar-refractivity contribution in [2.24, 2.45) is 0 Å². The molecule has 0 spiro atoms. The topological polar surface area (TPSA) is 160 Å². The van der Waals surface area contributed by atoms with Gasteiger partial charge >= 0.3 is 5.97 Å². The van der Waals surface area contributed by atoms with E-state index >= 15 is 0 Å².